The third-order valence-electron chi connectivity index (χ3n) is 4.34. The zero-order valence-corrected chi connectivity index (χ0v) is 12.9. The first-order valence-electron chi connectivity index (χ1n) is 7.17. The summed E-state index contributed by atoms with van der Waals surface area (Å²) in [6.07, 6.45) is 4.20. The number of hydrogen-bond donors (Lipinski definition) is 0. The zero-order valence-electron chi connectivity index (χ0n) is 11.3. The van der Waals surface area contributed by atoms with Gasteiger partial charge in [-0.2, -0.15) is 0 Å². The molecule has 108 valence electrons. The summed E-state index contributed by atoms with van der Waals surface area (Å²) < 4.78 is 6.25. The number of amides is 1. The molecule has 1 amide bonds. The van der Waals surface area contributed by atoms with Crippen molar-refractivity contribution in [3.05, 3.63) is 16.6 Å². The van der Waals surface area contributed by atoms with E-state index in [1.807, 2.05) is 22.0 Å². The van der Waals surface area contributed by atoms with E-state index in [0.717, 1.165) is 37.8 Å². The first kappa shape index (κ1) is 13.1. The summed E-state index contributed by atoms with van der Waals surface area (Å²) in [5, 5.41) is 1.83. The van der Waals surface area contributed by atoms with E-state index in [4.69, 9.17) is 4.74 Å². The number of carbonyl (C=O) groups is 1. The first-order chi connectivity index (χ1) is 9.74. The molecule has 3 aliphatic rings. The fourth-order valence-corrected chi connectivity index (χ4v) is 5.04. The van der Waals surface area contributed by atoms with Crippen molar-refractivity contribution in [1.29, 1.82) is 0 Å². The molecule has 1 spiro atoms. The third kappa shape index (κ3) is 2.49. The predicted octanol–water partition coefficient (Wildman–Crippen LogP) is 2.27. The molecule has 0 bridgehead atoms. The number of thioether (sulfide) groups is 1. The fourth-order valence-electron chi connectivity index (χ4n) is 2.96. The summed E-state index contributed by atoms with van der Waals surface area (Å²) in [7, 11) is 0. The van der Waals surface area contributed by atoms with Crippen LogP contribution in [0.25, 0.3) is 0 Å². The number of thiazole rings is 1. The molecule has 1 aromatic rings. The smallest absolute Gasteiger partial charge is 0.273 e. The molecule has 20 heavy (non-hydrogen) atoms. The molecule has 3 fully saturated rings. The van der Waals surface area contributed by atoms with E-state index in [2.05, 4.69) is 4.98 Å². The van der Waals surface area contributed by atoms with Crippen molar-refractivity contribution in [3.63, 3.8) is 0 Å². The highest BCUT2D eigenvalue weighted by molar-refractivity contribution is 8.01. The maximum absolute atomic E-state index is 12.2. The van der Waals surface area contributed by atoms with Crippen LogP contribution in [-0.4, -0.2) is 52.1 Å². The van der Waals surface area contributed by atoms with Crippen LogP contribution in [0.1, 0.15) is 29.8 Å². The Labute approximate surface area is 126 Å². The topological polar surface area (TPSA) is 42.4 Å². The van der Waals surface area contributed by atoms with Crippen LogP contribution >= 0.6 is 23.1 Å². The summed E-state index contributed by atoms with van der Waals surface area (Å²) >= 11 is 3.47. The Balaban J connectivity index is 1.28. The highest BCUT2D eigenvalue weighted by Gasteiger charge is 2.51. The zero-order chi connectivity index (χ0) is 13.6. The minimum atomic E-state index is 0.0832. The van der Waals surface area contributed by atoms with Crippen LogP contribution in [0.2, 0.25) is 0 Å². The fraction of sp³-hybridized carbons (Fsp3) is 0.714. The number of ether oxygens (including phenoxy) is 1. The quantitative estimate of drug-likeness (QED) is 0.855. The van der Waals surface area contributed by atoms with Crippen molar-refractivity contribution in [1.82, 2.24) is 9.88 Å². The van der Waals surface area contributed by atoms with Gasteiger partial charge in [-0.3, -0.25) is 4.79 Å². The average molecular weight is 310 g/mol. The minimum absolute atomic E-state index is 0.0832. The van der Waals surface area contributed by atoms with Crippen LogP contribution in [0.3, 0.4) is 0 Å². The van der Waals surface area contributed by atoms with Gasteiger partial charge in [0, 0.05) is 30.8 Å². The van der Waals surface area contributed by atoms with E-state index in [9.17, 15) is 4.79 Å². The lowest BCUT2D eigenvalue weighted by Gasteiger charge is -2.47. The number of hydrogen-bond acceptors (Lipinski definition) is 5. The normalized spacial score (nSPS) is 27.8. The van der Waals surface area contributed by atoms with E-state index in [0.29, 0.717) is 11.8 Å². The van der Waals surface area contributed by atoms with Gasteiger partial charge in [-0.05, 0) is 25.2 Å². The van der Waals surface area contributed by atoms with Crippen molar-refractivity contribution in [2.45, 2.75) is 30.1 Å². The standard InChI is InChI=1S/C14H18N2O2S2/c17-13(12-6-19-9-15-12)16-7-14(8-16)3-11(5-20-14)18-4-10-1-2-10/h6,9-11H,1-5,7-8H2/t11-/m1/s1. The van der Waals surface area contributed by atoms with Gasteiger partial charge in [-0.25, -0.2) is 4.98 Å². The highest BCUT2D eigenvalue weighted by Crippen LogP contribution is 2.46. The molecule has 0 aromatic carbocycles. The lowest BCUT2D eigenvalue weighted by Crippen LogP contribution is -2.60. The Hall–Kier alpha value is -0.590. The Kier molecular flexibility index (Phi) is 3.27. The van der Waals surface area contributed by atoms with Gasteiger partial charge in [-0.1, -0.05) is 0 Å². The molecule has 2 saturated heterocycles. The second-order valence-corrected chi connectivity index (χ2v) is 8.34. The Morgan fingerprint density at radius 3 is 3.05 bits per heavy atom. The summed E-state index contributed by atoms with van der Waals surface area (Å²) in [5.74, 6) is 2.01. The van der Waals surface area contributed by atoms with Crippen LogP contribution in [0, 0.1) is 5.92 Å². The number of aromatic nitrogens is 1. The third-order valence-corrected chi connectivity index (χ3v) is 6.50. The largest absolute Gasteiger partial charge is 0.377 e. The molecule has 0 N–H and O–H groups in total. The van der Waals surface area contributed by atoms with Gasteiger partial charge in [0.2, 0.25) is 0 Å². The van der Waals surface area contributed by atoms with Gasteiger partial charge in [0.15, 0.2) is 0 Å². The Bertz CT molecular complexity index is 495. The molecular formula is C14H18N2O2S2. The highest BCUT2D eigenvalue weighted by atomic mass is 32.2. The second kappa shape index (κ2) is 5.00. The molecule has 0 unspecified atom stereocenters. The van der Waals surface area contributed by atoms with Crippen LogP contribution in [0.5, 0.6) is 0 Å². The minimum Gasteiger partial charge on any atom is -0.377 e. The molecule has 1 atom stereocenters. The average Bonchev–Trinajstić information content (AvgIpc) is 2.93. The van der Waals surface area contributed by atoms with Crippen molar-refractivity contribution >= 4 is 29.0 Å². The lowest BCUT2D eigenvalue weighted by atomic mass is 9.92. The van der Waals surface area contributed by atoms with E-state index in [-0.39, 0.29) is 10.7 Å². The second-order valence-electron chi connectivity index (χ2n) is 6.13. The number of rotatable bonds is 4. The van der Waals surface area contributed by atoms with E-state index in [1.165, 1.54) is 24.2 Å². The van der Waals surface area contributed by atoms with Crippen molar-refractivity contribution < 1.29 is 9.53 Å². The number of likely N-dealkylation sites (tertiary alicyclic amines) is 1. The summed E-state index contributed by atoms with van der Waals surface area (Å²) in [6.45, 7) is 2.66. The van der Waals surface area contributed by atoms with Crippen LogP contribution in [0.4, 0.5) is 0 Å². The van der Waals surface area contributed by atoms with Gasteiger partial charge in [0.25, 0.3) is 5.91 Å². The predicted molar refractivity (Wildman–Crippen MR) is 80.3 cm³/mol. The van der Waals surface area contributed by atoms with Crippen molar-refractivity contribution in [2.75, 3.05) is 25.4 Å². The van der Waals surface area contributed by atoms with Crippen LogP contribution < -0.4 is 0 Å². The lowest BCUT2D eigenvalue weighted by molar-refractivity contribution is 0.0284. The summed E-state index contributed by atoms with van der Waals surface area (Å²) in [5.41, 5.74) is 2.31. The summed E-state index contributed by atoms with van der Waals surface area (Å²) in [4.78, 5) is 18.2. The number of nitrogens with zero attached hydrogens (tertiary/aromatic N) is 2. The van der Waals surface area contributed by atoms with Gasteiger partial charge < -0.3 is 9.64 Å². The monoisotopic (exact) mass is 310 g/mol. The maximum atomic E-state index is 12.2. The van der Waals surface area contributed by atoms with Crippen molar-refractivity contribution in [2.24, 2.45) is 5.92 Å². The number of carbonyl (C=O) groups excluding carboxylic acids is 1. The van der Waals surface area contributed by atoms with Crippen molar-refractivity contribution in [3.8, 4) is 0 Å². The molecule has 1 aromatic heterocycles. The van der Waals surface area contributed by atoms with E-state index in [1.54, 1.807) is 5.51 Å². The molecular weight excluding hydrogens is 292 g/mol. The van der Waals surface area contributed by atoms with E-state index < -0.39 is 0 Å². The molecule has 0 radical (unpaired) electrons. The molecule has 4 rings (SSSR count). The SMILES string of the molecule is O=C(c1cscn1)N1CC2(C[C@@H](OCC3CC3)CS2)C1. The Morgan fingerprint density at radius 1 is 1.50 bits per heavy atom. The Morgan fingerprint density at radius 2 is 2.35 bits per heavy atom. The van der Waals surface area contributed by atoms with Gasteiger partial charge in [-0.15, -0.1) is 23.1 Å². The molecule has 6 heteroatoms. The van der Waals surface area contributed by atoms with Gasteiger partial charge in [0.1, 0.15) is 5.69 Å². The molecule has 3 heterocycles. The van der Waals surface area contributed by atoms with Gasteiger partial charge in [0.05, 0.1) is 16.4 Å². The molecule has 1 aliphatic carbocycles. The molecule has 1 saturated carbocycles. The van der Waals surface area contributed by atoms with Crippen LogP contribution in [0.15, 0.2) is 10.9 Å². The van der Waals surface area contributed by atoms with E-state index >= 15 is 0 Å². The van der Waals surface area contributed by atoms with Crippen LogP contribution in [-0.2, 0) is 4.74 Å². The molecule has 2 aliphatic heterocycles. The summed E-state index contributed by atoms with van der Waals surface area (Å²) in [6, 6.07) is 0. The first-order valence-corrected chi connectivity index (χ1v) is 9.10. The van der Waals surface area contributed by atoms with Gasteiger partial charge >= 0.3 is 0 Å². The molecule has 4 nitrogen and oxygen atoms in total. The maximum Gasteiger partial charge on any atom is 0.273 e.